The van der Waals surface area contributed by atoms with E-state index < -0.39 is 0 Å². The van der Waals surface area contributed by atoms with Crippen molar-refractivity contribution < 1.29 is 0 Å². The van der Waals surface area contributed by atoms with E-state index in [4.69, 9.17) is 16.6 Å². The monoisotopic (exact) mass is 342 g/mol. The maximum atomic E-state index is 6.18. The molecule has 0 aliphatic heterocycles. The van der Waals surface area contributed by atoms with Crippen molar-refractivity contribution in [3.63, 3.8) is 0 Å². The minimum atomic E-state index is 0.718. The number of nitrogens with zero attached hydrogens (tertiary/aromatic N) is 2. The van der Waals surface area contributed by atoms with Crippen molar-refractivity contribution in [1.29, 1.82) is 0 Å². The summed E-state index contributed by atoms with van der Waals surface area (Å²) in [5, 5.41) is 0.718. The van der Waals surface area contributed by atoms with Crippen LogP contribution in [0.5, 0.6) is 0 Å². The number of halogens is 1. The Morgan fingerprint density at radius 3 is 2.08 bits per heavy atom. The molecule has 4 rings (SSSR count). The van der Waals surface area contributed by atoms with Gasteiger partial charge in [0.25, 0.3) is 0 Å². The molecule has 0 aliphatic carbocycles. The number of benzene rings is 2. The smallest absolute Gasteiger partial charge is 0.0899 e. The van der Waals surface area contributed by atoms with Gasteiger partial charge < -0.3 is 0 Å². The first kappa shape index (κ1) is 15.6. The van der Waals surface area contributed by atoms with Crippen LogP contribution in [0.15, 0.2) is 91.1 Å². The van der Waals surface area contributed by atoms with E-state index in [0.717, 1.165) is 38.8 Å². The number of aromatic nitrogens is 2. The lowest BCUT2D eigenvalue weighted by Gasteiger charge is -2.10. The molecule has 2 nitrogen and oxygen atoms in total. The van der Waals surface area contributed by atoms with Crippen LogP contribution in [-0.4, -0.2) is 9.97 Å². The molecule has 0 unspecified atom stereocenters. The van der Waals surface area contributed by atoms with E-state index in [-0.39, 0.29) is 0 Å². The molecule has 0 radical (unpaired) electrons. The number of pyridine rings is 2. The van der Waals surface area contributed by atoms with E-state index in [2.05, 4.69) is 35.3 Å². The molecular formula is C22H15ClN2. The minimum absolute atomic E-state index is 0.718. The molecule has 25 heavy (non-hydrogen) atoms. The summed E-state index contributed by atoms with van der Waals surface area (Å²) in [6, 6.07) is 28.0. The van der Waals surface area contributed by atoms with E-state index in [1.54, 1.807) is 6.20 Å². The van der Waals surface area contributed by atoms with E-state index >= 15 is 0 Å². The fourth-order valence-electron chi connectivity index (χ4n) is 2.77. The van der Waals surface area contributed by atoms with Crippen molar-refractivity contribution in [2.45, 2.75) is 0 Å². The van der Waals surface area contributed by atoms with Crippen LogP contribution < -0.4 is 0 Å². The molecule has 2 aromatic carbocycles. The van der Waals surface area contributed by atoms with Crippen LogP contribution in [0.4, 0.5) is 0 Å². The SMILES string of the molecule is Clc1cccc(-c2cc(-c3ccccc3)nc(-c3ccccn3)c2)c1. The van der Waals surface area contributed by atoms with Crippen LogP contribution in [0.25, 0.3) is 33.8 Å². The molecule has 2 heterocycles. The Kier molecular flexibility index (Phi) is 4.28. The highest BCUT2D eigenvalue weighted by molar-refractivity contribution is 6.30. The molecule has 0 aliphatic rings. The van der Waals surface area contributed by atoms with Crippen LogP contribution in [0, 0.1) is 0 Å². The molecule has 4 aromatic rings. The molecule has 3 heteroatoms. The quantitative estimate of drug-likeness (QED) is 0.447. The van der Waals surface area contributed by atoms with Crippen molar-refractivity contribution >= 4 is 11.6 Å². The van der Waals surface area contributed by atoms with Gasteiger partial charge in [-0.25, -0.2) is 4.98 Å². The highest BCUT2D eigenvalue weighted by Crippen LogP contribution is 2.30. The average molecular weight is 343 g/mol. The van der Waals surface area contributed by atoms with Gasteiger partial charge in [-0.3, -0.25) is 4.98 Å². The molecular weight excluding hydrogens is 328 g/mol. The van der Waals surface area contributed by atoms with Crippen molar-refractivity contribution in [1.82, 2.24) is 9.97 Å². The van der Waals surface area contributed by atoms with Gasteiger partial charge in [-0.15, -0.1) is 0 Å². The third-order valence-corrected chi connectivity index (χ3v) is 4.22. The van der Waals surface area contributed by atoms with Gasteiger partial charge in [-0.1, -0.05) is 60.1 Å². The van der Waals surface area contributed by atoms with Gasteiger partial charge in [0.05, 0.1) is 17.1 Å². The fraction of sp³-hybridized carbons (Fsp3) is 0. The summed E-state index contributed by atoms with van der Waals surface area (Å²) in [5.41, 5.74) is 5.81. The summed E-state index contributed by atoms with van der Waals surface area (Å²) in [6.45, 7) is 0. The van der Waals surface area contributed by atoms with Gasteiger partial charge in [0, 0.05) is 16.8 Å². The zero-order chi connectivity index (χ0) is 17.1. The normalized spacial score (nSPS) is 10.6. The van der Waals surface area contributed by atoms with Crippen LogP contribution in [0.1, 0.15) is 0 Å². The van der Waals surface area contributed by atoms with Gasteiger partial charge in [0.15, 0.2) is 0 Å². The summed E-state index contributed by atoms with van der Waals surface area (Å²) in [7, 11) is 0. The molecule has 0 N–H and O–H groups in total. The van der Waals surface area contributed by atoms with Gasteiger partial charge in [-0.2, -0.15) is 0 Å². The van der Waals surface area contributed by atoms with E-state index in [1.165, 1.54) is 0 Å². The summed E-state index contributed by atoms with van der Waals surface area (Å²) in [5.74, 6) is 0. The Bertz CT molecular complexity index is 941. The van der Waals surface area contributed by atoms with Gasteiger partial charge in [-0.05, 0) is 47.5 Å². The maximum absolute atomic E-state index is 6.18. The predicted octanol–water partition coefficient (Wildman–Crippen LogP) is 6.13. The average Bonchev–Trinajstić information content (AvgIpc) is 2.69. The number of hydrogen-bond donors (Lipinski definition) is 0. The molecule has 0 fully saturated rings. The minimum Gasteiger partial charge on any atom is -0.255 e. The third-order valence-electron chi connectivity index (χ3n) is 3.98. The Hall–Kier alpha value is -2.97. The Morgan fingerprint density at radius 2 is 1.32 bits per heavy atom. The second-order valence-corrected chi connectivity index (χ2v) is 6.15. The Morgan fingerprint density at radius 1 is 0.560 bits per heavy atom. The number of hydrogen-bond acceptors (Lipinski definition) is 2. The highest BCUT2D eigenvalue weighted by Gasteiger charge is 2.09. The molecule has 120 valence electrons. The topological polar surface area (TPSA) is 25.8 Å². The van der Waals surface area contributed by atoms with Crippen molar-refractivity contribution in [3.05, 3.63) is 96.1 Å². The van der Waals surface area contributed by atoms with Crippen molar-refractivity contribution in [2.24, 2.45) is 0 Å². The second-order valence-electron chi connectivity index (χ2n) is 5.72. The van der Waals surface area contributed by atoms with Gasteiger partial charge >= 0.3 is 0 Å². The molecule has 0 atom stereocenters. The standard InChI is InChI=1S/C22H15ClN2/c23-19-10-6-9-17(13-19)18-14-21(16-7-2-1-3-8-16)25-22(15-18)20-11-4-5-12-24-20/h1-15H. The fourth-order valence-corrected chi connectivity index (χ4v) is 2.96. The lowest BCUT2D eigenvalue weighted by Crippen LogP contribution is -1.92. The Labute approximate surface area is 151 Å². The van der Waals surface area contributed by atoms with Gasteiger partial charge in [0.2, 0.25) is 0 Å². The van der Waals surface area contributed by atoms with E-state index in [1.807, 2.05) is 54.6 Å². The molecule has 2 aromatic heterocycles. The largest absolute Gasteiger partial charge is 0.255 e. The molecule has 0 bridgehead atoms. The zero-order valence-corrected chi connectivity index (χ0v) is 14.2. The molecule has 0 saturated heterocycles. The van der Waals surface area contributed by atoms with Gasteiger partial charge in [0.1, 0.15) is 0 Å². The van der Waals surface area contributed by atoms with Crippen molar-refractivity contribution in [2.75, 3.05) is 0 Å². The van der Waals surface area contributed by atoms with E-state index in [0.29, 0.717) is 0 Å². The maximum Gasteiger partial charge on any atom is 0.0899 e. The van der Waals surface area contributed by atoms with Crippen molar-refractivity contribution in [3.8, 4) is 33.8 Å². The Balaban J connectivity index is 1.92. The lowest BCUT2D eigenvalue weighted by molar-refractivity contribution is 1.25. The van der Waals surface area contributed by atoms with Crippen LogP contribution in [0.3, 0.4) is 0 Å². The zero-order valence-electron chi connectivity index (χ0n) is 13.4. The van der Waals surface area contributed by atoms with Crippen LogP contribution in [-0.2, 0) is 0 Å². The second kappa shape index (κ2) is 6.88. The van der Waals surface area contributed by atoms with Crippen LogP contribution >= 0.6 is 11.6 Å². The summed E-state index contributed by atoms with van der Waals surface area (Å²) in [6.07, 6.45) is 1.78. The van der Waals surface area contributed by atoms with Crippen LogP contribution in [0.2, 0.25) is 5.02 Å². The molecule has 0 saturated carbocycles. The summed E-state index contributed by atoms with van der Waals surface area (Å²) < 4.78 is 0. The summed E-state index contributed by atoms with van der Waals surface area (Å²) in [4.78, 5) is 9.27. The first-order chi connectivity index (χ1) is 12.3. The highest BCUT2D eigenvalue weighted by atomic mass is 35.5. The molecule has 0 spiro atoms. The molecule has 0 amide bonds. The third kappa shape index (κ3) is 3.44. The summed E-state index contributed by atoms with van der Waals surface area (Å²) >= 11 is 6.18. The first-order valence-corrected chi connectivity index (χ1v) is 8.42. The van der Waals surface area contributed by atoms with E-state index in [9.17, 15) is 0 Å². The lowest BCUT2D eigenvalue weighted by atomic mass is 10.0. The number of rotatable bonds is 3. The first-order valence-electron chi connectivity index (χ1n) is 8.04. The predicted molar refractivity (Wildman–Crippen MR) is 103 cm³/mol.